The van der Waals surface area contributed by atoms with Crippen LogP contribution >= 0.6 is 11.3 Å². The molecule has 0 aliphatic carbocycles. The molecule has 0 radical (unpaired) electrons. The van der Waals surface area contributed by atoms with Crippen molar-refractivity contribution in [1.29, 1.82) is 0 Å². The normalized spacial score (nSPS) is 15.6. The third-order valence-electron chi connectivity index (χ3n) is 5.73. The van der Waals surface area contributed by atoms with E-state index in [1.165, 1.54) is 22.6 Å². The number of thiophene rings is 1. The van der Waals surface area contributed by atoms with E-state index in [1.807, 2.05) is 17.5 Å². The van der Waals surface area contributed by atoms with Crippen LogP contribution in [0.3, 0.4) is 0 Å². The van der Waals surface area contributed by atoms with Crippen molar-refractivity contribution >= 4 is 50.9 Å². The number of amides is 1. The number of ketones is 1. The number of piperidine rings is 1. The van der Waals surface area contributed by atoms with E-state index < -0.39 is 10.0 Å². The molecule has 34 heavy (non-hydrogen) atoms. The van der Waals surface area contributed by atoms with Gasteiger partial charge in [-0.1, -0.05) is 23.4 Å². The van der Waals surface area contributed by atoms with Crippen molar-refractivity contribution in [2.75, 3.05) is 18.4 Å². The summed E-state index contributed by atoms with van der Waals surface area (Å²) in [4.78, 5) is 25.3. The van der Waals surface area contributed by atoms with Crippen LogP contribution in [0.1, 0.15) is 46.5 Å². The van der Waals surface area contributed by atoms with Crippen molar-refractivity contribution in [2.45, 2.75) is 31.6 Å². The van der Waals surface area contributed by atoms with E-state index in [4.69, 9.17) is 4.52 Å². The van der Waals surface area contributed by atoms with Gasteiger partial charge in [-0.25, -0.2) is 8.42 Å². The van der Waals surface area contributed by atoms with Crippen molar-refractivity contribution in [3.05, 3.63) is 63.7 Å². The maximum atomic E-state index is 13.4. The van der Waals surface area contributed by atoms with Gasteiger partial charge in [-0.15, -0.1) is 11.3 Å². The van der Waals surface area contributed by atoms with E-state index in [9.17, 15) is 18.0 Å². The predicted molar refractivity (Wildman–Crippen MR) is 131 cm³/mol. The molecular formula is C24H25N3O5S2. The number of benzene rings is 1. The van der Waals surface area contributed by atoms with Gasteiger partial charge >= 0.3 is 0 Å². The fraction of sp³-hybridized carbons (Fsp3) is 0.292. The number of hydrogen-bond acceptors (Lipinski definition) is 7. The first-order valence-electron chi connectivity index (χ1n) is 10.9. The van der Waals surface area contributed by atoms with Gasteiger partial charge in [-0.2, -0.15) is 4.31 Å². The van der Waals surface area contributed by atoms with Crippen molar-refractivity contribution in [3.63, 3.8) is 0 Å². The zero-order chi connectivity index (χ0) is 24.3. The summed E-state index contributed by atoms with van der Waals surface area (Å²) >= 11 is 1.53. The average molecular weight is 500 g/mol. The molecule has 1 N–H and O–H groups in total. The van der Waals surface area contributed by atoms with Gasteiger partial charge in [0.2, 0.25) is 15.9 Å². The minimum Gasteiger partial charge on any atom is -0.355 e. The van der Waals surface area contributed by atoms with Crippen LogP contribution in [0, 0.1) is 12.8 Å². The zero-order valence-electron chi connectivity index (χ0n) is 18.9. The van der Waals surface area contributed by atoms with E-state index in [0.29, 0.717) is 29.8 Å². The van der Waals surface area contributed by atoms with Crippen molar-refractivity contribution in [3.8, 4) is 0 Å². The van der Waals surface area contributed by atoms with Crippen molar-refractivity contribution in [2.24, 2.45) is 5.92 Å². The summed E-state index contributed by atoms with van der Waals surface area (Å²) in [6.45, 7) is 3.51. The Kier molecular flexibility index (Phi) is 7.11. The highest BCUT2D eigenvalue weighted by atomic mass is 32.2. The highest BCUT2D eigenvalue weighted by Gasteiger charge is 2.36. The van der Waals surface area contributed by atoms with Gasteiger partial charge in [0.15, 0.2) is 16.4 Å². The monoisotopic (exact) mass is 499 g/mol. The Bertz CT molecular complexity index is 1320. The first kappa shape index (κ1) is 24.1. The molecule has 1 aliphatic rings. The van der Waals surface area contributed by atoms with Gasteiger partial charge in [0.1, 0.15) is 5.69 Å². The van der Waals surface area contributed by atoms with Gasteiger partial charge in [0, 0.05) is 35.1 Å². The molecule has 178 valence electrons. The summed E-state index contributed by atoms with van der Waals surface area (Å²) in [5.41, 5.74) is 1.37. The van der Waals surface area contributed by atoms with Gasteiger partial charge in [0.25, 0.3) is 0 Å². The number of nitrogens with one attached hydrogen (secondary N) is 1. The number of anilines is 1. The summed E-state index contributed by atoms with van der Waals surface area (Å²) in [6.07, 6.45) is 4.19. The molecule has 1 aromatic carbocycles. The highest BCUT2D eigenvalue weighted by Crippen LogP contribution is 2.30. The minimum absolute atomic E-state index is 0.0595. The zero-order valence-corrected chi connectivity index (χ0v) is 20.5. The van der Waals surface area contributed by atoms with Crippen LogP contribution in [0.5, 0.6) is 0 Å². The largest absolute Gasteiger partial charge is 0.355 e. The summed E-state index contributed by atoms with van der Waals surface area (Å²) < 4.78 is 33.4. The molecule has 1 fully saturated rings. The summed E-state index contributed by atoms with van der Waals surface area (Å²) in [6, 6.07) is 10.6. The molecule has 0 spiro atoms. The molecule has 10 heteroatoms. The van der Waals surface area contributed by atoms with Crippen LogP contribution in [0.25, 0.3) is 12.2 Å². The van der Waals surface area contributed by atoms with Gasteiger partial charge in [0.05, 0.1) is 0 Å². The van der Waals surface area contributed by atoms with Gasteiger partial charge in [-0.05, 0) is 62.4 Å². The van der Waals surface area contributed by atoms with E-state index in [2.05, 4.69) is 10.5 Å². The van der Waals surface area contributed by atoms with Gasteiger partial charge in [-0.3, -0.25) is 9.59 Å². The van der Waals surface area contributed by atoms with Crippen LogP contribution in [0.15, 0.2) is 51.2 Å². The summed E-state index contributed by atoms with van der Waals surface area (Å²) in [5.74, 6) is -0.396. The van der Waals surface area contributed by atoms with E-state index in [0.717, 1.165) is 4.88 Å². The van der Waals surface area contributed by atoms with Crippen molar-refractivity contribution < 1.29 is 22.5 Å². The number of aryl methyl sites for hydroxylation is 1. The second kappa shape index (κ2) is 10.0. The Labute approximate surface area is 202 Å². The molecule has 0 saturated carbocycles. The van der Waals surface area contributed by atoms with Crippen LogP contribution in [0.4, 0.5) is 5.69 Å². The first-order valence-corrected chi connectivity index (χ1v) is 13.2. The third-order valence-corrected chi connectivity index (χ3v) is 8.63. The summed E-state index contributed by atoms with van der Waals surface area (Å²) in [7, 11) is -3.83. The Balaban J connectivity index is 1.43. The number of sulfonamides is 1. The Morgan fingerprint density at radius 1 is 1.18 bits per heavy atom. The number of Topliss-reactive ketones (excluding diaryl/α,β-unsaturated/α-hetero) is 1. The van der Waals surface area contributed by atoms with Crippen molar-refractivity contribution in [1.82, 2.24) is 9.46 Å². The molecule has 0 bridgehead atoms. The topological polar surface area (TPSA) is 110 Å². The second-order valence-electron chi connectivity index (χ2n) is 8.11. The molecule has 0 atom stereocenters. The van der Waals surface area contributed by atoms with Crippen LogP contribution in [-0.2, 0) is 14.8 Å². The SMILES string of the molecule is CC(=O)c1cccc(NC(=O)C2CCN(S(=O)(=O)c3c(C)noc3C=Cc3cccs3)CC2)c1. The highest BCUT2D eigenvalue weighted by molar-refractivity contribution is 7.89. The molecule has 8 nitrogen and oxygen atoms in total. The standard InChI is InChI=1S/C24H25N3O5S2/c1-16-23(22(32-26-16)9-8-21-7-4-14-33-21)34(30,31)27-12-10-18(11-13-27)24(29)25-20-6-3-5-19(15-20)17(2)28/h3-9,14-15,18H,10-13H2,1-2H3,(H,25,29). The average Bonchev–Trinajstić information content (AvgIpc) is 3.47. The Morgan fingerprint density at radius 2 is 1.94 bits per heavy atom. The number of carbonyl (C=O) groups is 2. The van der Waals surface area contributed by atoms with E-state index in [1.54, 1.807) is 43.3 Å². The molecule has 1 saturated heterocycles. The lowest BCUT2D eigenvalue weighted by Gasteiger charge is -2.30. The lowest BCUT2D eigenvalue weighted by molar-refractivity contribution is -0.120. The van der Waals surface area contributed by atoms with Crippen LogP contribution in [-0.4, -0.2) is 42.7 Å². The second-order valence-corrected chi connectivity index (χ2v) is 11.0. The quantitative estimate of drug-likeness (QED) is 0.481. The molecule has 1 amide bonds. The maximum Gasteiger partial charge on any atom is 0.248 e. The molecular weight excluding hydrogens is 474 g/mol. The van der Waals surface area contributed by atoms with E-state index >= 15 is 0 Å². The fourth-order valence-electron chi connectivity index (χ4n) is 3.89. The van der Waals surface area contributed by atoms with Crippen LogP contribution in [0.2, 0.25) is 0 Å². The molecule has 3 heterocycles. The minimum atomic E-state index is -3.83. The first-order chi connectivity index (χ1) is 16.3. The molecule has 1 aliphatic heterocycles. The molecule has 3 aromatic rings. The number of aromatic nitrogens is 1. The van der Waals surface area contributed by atoms with E-state index in [-0.39, 0.29) is 41.4 Å². The number of rotatable bonds is 7. The predicted octanol–water partition coefficient (Wildman–Crippen LogP) is 4.46. The number of nitrogens with zero attached hydrogens (tertiary/aromatic N) is 2. The maximum absolute atomic E-state index is 13.4. The molecule has 2 aromatic heterocycles. The Morgan fingerprint density at radius 3 is 2.62 bits per heavy atom. The smallest absolute Gasteiger partial charge is 0.248 e. The lowest BCUT2D eigenvalue weighted by Crippen LogP contribution is -2.41. The number of hydrogen-bond donors (Lipinski definition) is 1. The lowest BCUT2D eigenvalue weighted by atomic mass is 9.97. The molecule has 0 unspecified atom stereocenters. The third kappa shape index (κ3) is 5.19. The fourth-order valence-corrected chi connectivity index (χ4v) is 6.23. The molecule has 4 rings (SSSR count). The van der Waals surface area contributed by atoms with Gasteiger partial charge < -0.3 is 9.84 Å². The summed E-state index contributed by atoms with van der Waals surface area (Å²) in [5, 5.41) is 8.65. The van der Waals surface area contributed by atoms with Crippen LogP contribution < -0.4 is 5.32 Å². The Hall–Kier alpha value is -3.08. The number of carbonyl (C=O) groups excluding carboxylic acids is 2.